The Morgan fingerprint density at radius 1 is 1.04 bits per heavy atom. The van der Waals surface area contributed by atoms with E-state index in [0.717, 1.165) is 32.9 Å². The Balaban J connectivity index is 1.76. The van der Waals surface area contributed by atoms with Gasteiger partial charge in [0.15, 0.2) is 5.82 Å². The first-order chi connectivity index (χ1) is 12.7. The minimum atomic E-state index is 0.569. The summed E-state index contributed by atoms with van der Waals surface area (Å²) < 4.78 is 0.903. The second kappa shape index (κ2) is 7.15. The van der Waals surface area contributed by atoms with Gasteiger partial charge in [0.1, 0.15) is 10.8 Å². The fraction of sp³-hybridized carbons (Fsp3) is 0.111. The molecule has 0 atom stereocenters. The zero-order chi connectivity index (χ0) is 18.1. The van der Waals surface area contributed by atoms with Crippen LogP contribution in [0.25, 0.3) is 20.8 Å². The Bertz CT molecular complexity index is 1060. The van der Waals surface area contributed by atoms with Gasteiger partial charge in [-0.2, -0.15) is 0 Å². The maximum atomic E-state index is 6.32. The summed E-state index contributed by atoms with van der Waals surface area (Å²) >= 11 is 14.1. The molecule has 1 aromatic carbocycles. The van der Waals surface area contributed by atoms with Gasteiger partial charge in [-0.05, 0) is 24.6 Å². The number of hydrogen-bond acceptors (Lipinski definition) is 6. The summed E-state index contributed by atoms with van der Waals surface area (Å²) in [4.78, 5) is 17.8. The summed E-state index contributed by atoms with van der Waals surface area (Å²) in [6.45, 7) is 2.04. The van der Waals surface area contributed by atoms with Gasteiger partial charge in [-0.1, -0.05) is 36.2 Å². The van der Waals surface area contributed by atoms with Crippen LogP contribution in [0.3, 0.4) is 0 Å². The topological polar surface area (TPSA) is 63.6 Å². The average Bonchev–Trinajstić information content (AvgIpc) is 3.07. The summed E-state index contributed by atoms with van der Waals surface area (Å²) in [5.41, 5.74) is 2.49. The van der Waals surface area contributed by atoms with Crippen molar-refractivity contribution >= 4 is 56.4 Å². The highest BCUT2D eigenvalue weighted by molar-refractivity contribution is 7.22. The number of halogens is 2. The van der Waals surface area contributed by atoms with Crippen LogP contribution in [0.1, 0.15) is 12.6 Å². The molecule has 0 radical (unpaired) electrons. The third-order valence-corrected chi connectivity index (χ3v) is 5.52. The van der Waals surface area contributed by atoms with E-state index in [1.54, 1.807) is 30.7 Å². The Morgan fingerprint density at radius 2 is 1.85 bits per heavy atom. The number of hydrogen-bond donors (Lipinski definition) is 1. The molecule has 0 bridgehead atoms. The molecule has 0 unspecified atom stereocenters. The molecule has 3 aromatic heterocycles. The number of thiazole rings is 1. The quantitative estimate of drug-likeness (QED) is 0.470. The van der Waals surface area contributed by atoms with Crippen LogP contribution in [0, 0.1) is 0 Å². The van der Waals surface area contributed by atoms with Crippen molar-refractivity contribution in [3.8, 4) is 10.6 Å². The van der Waals surface area contributed by atoms with Crippen LogP contribution in [0.15, 0.2) is 42.9 Å². The molecule has 3 heterocycles. The Morgan fingerprint density at radius 3 is 2.54 bits per heavy atom. The normalized spacial score (nSPS) is 11.0. The van der Waals surface area contributed by atoms with Crippen molar-refractivity contribution < 1.29 is 0 Å². The van der Waals surface area contributed by atoms with Crippen LogP contribution in [0.5, 0.6) is 0 Å². The average molecular weight is 402 g/mol. The molecule has 0 aliphatic heterocycles. The lowest BCUT2D eigenvalue weighted by Gasteiger charge is -2.05. The third kappa shape index (κ3) is 3.23. The molecule has 5 nitrogen and oxygen atoms in total. The van der Waals surface area contributed by atoms with Crippen molar-refractivity contribution in [2.75, 3.05) is 5.32 Å². The minimum absolute atomic E-state index is 0.569. The van der Waals surface area contributed by atoms with Gasteiger partial charge in [-0.15, -0.1) is 11.3 Å². The molecule has 0 saturated heterocycles. The molecule has 0 saturated carbocycles. The van der Waals surface area contributed by atoms with E-state index in [2.05, 4.69) is 25.3 Å². The van der Waals surface area contributed by atoms with Crippen LogP contribution >= 0.6 is 34.5 Å². The van der Waals surface area contributed by atoms with Crippen molar-refractivity contribution in [3.05, 3.63) is 58.6 Å². The molecule has 1 N–H and O–H groups in total. The number of aryl methyl sites for hydroxylation is 1. The Labute approximate surface area is 164 Å². The third-order valence-electron chi connectivity index (χ3n) is 3.80. The largest absolute Gasteiger partial charge is 0.322 e. The van der Waals surface area contributed by atoms with Gasteiger partial charge in [0.2, 0.25) is 0 Å². The lowest BCUT2D eigenvalue weighted by molar-refractivity contribution is 1.00. The second-order valence-corrected chi connectivity index (χ2v) is 7.31. The first-order valence-electron chi connectivity index (χ1n) is 7.93. The van der Waals surface area contributed by atoms with Crippen molar-refractivity contribution in [2.45, 2.75) is 13.3 Å². The van der Waals surface area contributed by atoms with E-state index >= 15 is 0 Å². The molecule has 130 valence electrons. The fourth-order valence-electron chi connectivity index (χ4n) is 2.48. The SMILES string of the molecule is CCc1cnc(Nc2nccc3nc(-c4c(Cl)cccc4Cl)sc23)cn1. The molecule has 0 aliphatic rings. The standard InChI is InChI=1S/C18H13Cl2N5S/c1-2-10-8-23-14(9-22-10)25-17-16-13(6-7-21-17)24-18(26-16)15-11(19)4-3-5-12(15)20/h3-9H,2H2,1H3,(H,21,23,25). The number of nitrogens with zero attached hydrogens (tertiary/aromatic N) is 4. The van der Waals surface area contributed by atoms with Crippen LogP contribution in [0.4, 0.5) is 11.6 Å². The van der Waals surface area contributed by atoms with Gasteiger partial charge in [0, 0.05) is 11.8 Å². The Kier molecular flexibility index (Phi) is 4.72. The van der Waals surface area contributed by atoms with E-state index in [4.69, 9.17) is 23.2 Å². The number of nitrogens with one attached hydrogen (secondary N) is 1. The highest BCUT2D eigenvalue weighted by Gasteiger charge is 2.16. The smallest absolute Gasteiger partial charge is 0.151 e. The highest BCUT2D eigenvalue weighted by atomic mass is 35.5. The zero-order valence-corrected chi connectivity index (χ0v) is 16.0. The minimum Gasteiger partial charge on any atom is -0.322 e. The monoisotopic (exact) mass is 401 g/mol. The van der Waals surface area contributed by atoms with E-state index in [1.807, 2.05) is 19.1 Å². The van der Waals surface area contributed by atoms with E-state index in [-0.39, 0.29) is 0 Å². The molecule has 0 amide bonds. The number of fused-ring (bicyclic) bond motifs is 1. The molecule has 8 heteroatoms. The van der Waals surface area contributed by atoms with Gasteiger partial charge < -0.3 is 5.32 Å². The zero-order valence-electron chi connectivity index (χ0n) is 13.7. The summed E-state index contributed by atoms with van der Waals surface area (Å²) in [6.07, 6.45) is 6.00. The summed E-state index contributed by atoms with van der Waals surface area (Å²) in [7, 11) is 0. The highest BCUT2D eigenvalue weighted by Crippen LogP contribution is 2.40. The van der Waals surface area contributed by atoms with Gasteiger partial charge >= 0.3 is 0 Å². The molecular formula is C18H13Cl2N5S. The molecule has 4 rings (SSSR count). The first kappa shape index (κ1) is 17.1. The van der Waals surface area contributed by atoms with Crippen LogP contribution in [0.2, 0.25) is 10.0 Å². The molecule has 0 fully saturated rings. The lowest BCUT2D eigenvalue weighted by Crippen LogP contribution is -1.98. The van der Waals surface area contributed by atoms with E-state index in [9.17, 15) is 0 Å². The predicted octanol–water partition coefficient (Wildman–Crippen LogP) is 5.76. The second-order valence-electron chi connectivity index (χ2n) is 5.50. The van der Waals surface area contributed by atoms with Crippen molar-refractivity contribution in [1.82, 2.24) is 19.9 Å². The van der Waals surface area contributed by atoms with Gasteiger partial charge in [0.25, 0.3) is 0 Å². The van der Waals surface area contributed by atoms with E-state index in [0.29, 0.717) is 21.7 Å². The summed E-state index contributed by atoms with van der Waals surface area (Å²) in [5.74, 6) is 1.31. The number of benzene rings is 1. The molecule has 26 heavy (non-hydrogen) atoms. The Hall–Kier alpha value is -2.28. The summed E-state index contributed by atoms with van der Waals surface area (Å²) in [6, 6.07) is 7.28. The maximum absolute atomic E-state index is 6.32. The van der Waals surface area contributed by atoms with E-state index < -0.39 is 0 Å². The van der Waals surface area contributed by atoms with Crippen LogP contribution in [-0.4, -0.2) is 19.9 Å². The molecule has 0 spiro atoms. The fourth-order valence-corrected chi connectivity index (χ4v) is 4.24. The number of rotatable bonds is 4. The number of aromatic nitrogens is 4. The van der Waals surface area contributed by atoms with Gasteiger partial charge in [0.05, 0.1) is 38.3 Å². The van der Waals surface area contributed by atoms with E-state index in [1.165, 1.54) is 11.3 Å². The van der Waals surface area contributed by atoms with Gasteiger partial charge in [-0.25, -0.2) is 15.0 Å². The molecular weight excluding hydrogens is 389 g/mol. The van der Waals surface area contributed by atoms with Crippen LogP contribution in [-0.2, 0) is 6.42 Å². The molecule has 0 aliphatic carbocycles. The van der Waals surface area contributed by atoms with Crippen molar-refractivity contribution in [2.24, 2.45) is 0 Å². The number of pyridine rings is 1. The predicted molar refractivity (Wildman–Crippen MR) is 108 cm³/mol. The lowest BCUT2D eigenvalue weighted by atomic mass is 10.2. The van der Waals surface area contributed by atoms with Crippen molar-refractivity contribution in [1.29, 1.82) is 0 Å². The maximum Gasteiger partial charge on any atom is 0.151 e. The first-order valence-corrected chi connectivity index (χ1v) is 9.51. The van der Waals surface area contributed by atoms with Crippen molar-refractivity contribution in [3.63, 3.8) is 0 Å². The molecule has 4 aromatic rings. The number of anilines is 2. The summed E-state index contributed by atoms with van der Waals surface area (Å²) in [5, 5.41) is 5.10. The van der Waals surface area contributed by atoms with Crippen LogP contribution < -0.4 is 5.32 Å². The van der Waals surface area contributed by atoms with Gasteiger partial charge in [-0.3, -0.25) is 4.98 Å².